The topological polar surface area (TPSA) is 46.9 Å². The van der Waals surface area contributed by atoms with Gasteiger partial charge in [0.1, 0.15) is 5.69 Å². The maximum absolute atomic E-state index is 11.9. The molecule has 1 N–H and O–H groups in total. The third-order valence-corrected chi connectivity index (χ3v) is 2.88. The van der Waals surface area contributed by atoms with Gasteiger partial charge in [0, 0.05) is 18.8 Å². The van der Waals surface area contributed by atoms with E-state index in [2.05, 4.69) is 10.3 Å². The van der Waals surface area contributed by atoms with E-state index in [-0.39, 0.29) is 5.56 Å². The normalized spacial score (nSPS) is 21.6. The summed E-state index contributed by atoms with van der Waals surface area (Å²) < 4.78 is 1.84. The van der Waals surface area contributed by atoms with Gasteiger partial charge in [-0.2, -0.15) is 0 Å². The summed E-state index contributed by atoms with van der Waals surface area (Å²) in [6.07, 6.45) is 4.08. The van der Waals surface area contributed by atoms with Gasteiger partial charge >= 0.3 is 0 Å². The van der Waals surface area contributed by atoms with Crippen molar-refractivity contribution in [1.82, 2.24) is 14.9 Å². The van der Waals surface area contributed by atoms with Crippen molar-refractivity contribution in [2.75, 3.05) is 13.1 Å². The largest absolute Gasteiger partial charge is 0.315 e. The van der Waals surface area contributed by atoms with Crippen molar-refractivity contribution in [2.45, 2.75) is 32.7 Å². The number of rotatable bonds is 1. The van der Waals surface area contributed by atoms with Crippen LogP contribution in [0.4, 0.5) is 0 Å². The second-order valence-corrected chi connectivity index (χ2v) is 4.18. The lowest BCUT2D eigenvalue weighted by Crippen LogP contribution is -2.37. The first kappa shape index (κ1) is 10.4. The Balaban J connectivity index is 2.38. The quantitative estimate of drug-likeness (QED) is 0.740. The average Bonchev–Trinajstić information content (AvgIpc) is 2.24. The van der Waals surface area contributed by atoms with Gasteiger partial charge < -0.3 is 9.88 Å². The van der Waals surface area contributed by atoms with Crippen LogP contribution in [0.2, 0.25) is 0 Å². The van der Waals surface area contributed by atoms with Gasteiger partial charge in [-0.05, 0) is 33.2 Å². The van der Waals surface area contributed by atoms with Crippen LogP contribution in [0, 0.1) is 13.8 Å². The number of aromatic nitrogens is 2. The van der Waals surface area contributed by atoms with Crippen LogP contribution < -0.4 is 10.9 Å². The van der Waals surface area contributed by atoms with Gasteiger partial charge in [0.2, 0.25) is 0 Å². The summed E-state index contributed by atoms with van der Waals surface area (Å²) in [5.41, 5.74) is 1.56. The van der Waals surface area contributed by atoms with Crippen LogP contribution in [0.3, 0.4) is 0 Å². The van der Waals surface area contributed by atoms with Crippen molar-refractivity contribution in [2.24, 2.45) is 0 Å². The molecular weight excluding hydrogens is 190 g/mol. The Morgan fingerprint density at radius 1 is 1.53 bits per heavy atom. The number of hydrogen-bond acceptors (Lipinski definition) is 3. The average molecular weight is 207 g/mol. The summed E-state index contributed by atoms with van der Waals surface area (Å²) in [4.78, 5) is 16.1. The van der Waals surface area contributed by atoms with Gasteiger partial charge in [-0.1, -0.05) is 0 Å². The van der Waals surface area contributed by atoms with Crippen LogP contribution in [-0.4, -0.2) is 22.6 Å². The summed E-state index contributed by atoms with van der Waals surface area (Å²) in [7, 11) is 0. The van der Waals surface area contributed by atoms with Crippen molar-refractivity contribution in [3.8, 4) is 0 Å². The summed E-state index contributed by atoms with van der Waals surface area (Å²) in [5, 5.41) is 3.32. The molecule has 0 aromatic carbocycles. The minimum absolute atomic E-state index is 0.0503. The highest BCUT2D eigenvalue weighted by atomic mass is 16.1. The second kappa shape index (κ2) is 4.14. The predicted octanol–water partition coefficient (Wildman–Crippen LogP) is 0.785. The number of piperidine rings is 1. The molecule has 1 atom stereocenters. The minimum Gasteiger partial charge on any atom is -0.315 e. The zero-order valence-corrected chi connectivity index (χ0v) is 9.29. The zero-order chi connectivity index (χ0) is 10.8. The molecule has 2 heterocycles. The molecule has 1 aliphatic heterocycles. The Bertz CT molecular complexity index is 405. The fourth-order valence-electron chi connectivity index (χ4n) is 2.13. The Hall–Kier alpha value is -1.16. The van der Waals surface area contributed by atoms with Crippen molar-refractivity contribution in [3.05, 3.63) is 27.9 Å². The lowest BCUT2D eigenvalue weighted by atomic mass is 10.1. The fraction of sp³-hybridized carbons (Fsp3) is 0.636. The van der Waals surface area contributed by atoms with Gasteiger partial charge in [-0.15, -0.1) is 0 Å². The Morgan fingerprint density at radius 3 is 3.00 bits per heavy atom. The third kappa shape index (κ3) is 2.09. The molecule has 1 aliphatic rings. The van der Waals surface area contributed by atoms with Gasteiger partial charge in [0.15, 0.2) is 0 Å². The zero-order valence-electron chi connectivity index (χ0n) is 9.29. The van der Waals surface area contributed by atoms with E-state index in [1.807, 2.05) is 17.7 Å². The van der Waals surface area contributed by atoms with Crippen molar-refractivity contribution >= 4 is 0 Å². The van der Waals surface area contributed by atoms with E-state index in [4.69, 9.17) is 0 Å². The van der Waals surface area contributed by atoms with Crippen LogP contribution >= 0.6 is 0 Å². The summed E-state index contributed by atoms with van der Waals surface area (Å²) >= 11 is 0. The predicted molar refractivity (Wildman–Crippen MR) is 59.1 cm³/mol. The van der Waals surface area contributed by atoms with Crippen LogP contribution in [0.5, 0.6) is 0 Å². The molecule has 82 valence electrons. The van der Waals surface area contributed by atoms with Crippen molar-refractivity contribution in [3.63, 3.8) is 0 Å². The first-order chi connectivity index (χ1) is 7.18. The highest BCUT2D eigenvalue weighted by molar-refractivity contribution is 5.04. The Labute approximate surface area is 89.3 Å². The van der Waals surface area contributed by atoms with E-state index < -0.39 is 0 Å². The first-order valence-corrected chi connectivity index (χ1v) is 5.45. The maximum Gasteiger partial charge on any atom is 0.272 e. The first-order valence-electron chi connectivity index (χ1n) is 5.45. The molecule has 0 bridgehead atoms. The molecule has 1 aromatic rings. The van der Waals surface area contributed by atoms with Gasteiger partial charge in [-0.25, -0.2) is 0 Å². The van der Waals surface area contributed by atoms with Crippen molar-refractivity contribution < 1.29 is 0 Å². The van der Waals surface area contributed by atoms with Gasteiger partial charge in [0.25, 0.3) is 5.56 Å². The van der Waals surface area contributed by atoms with E-state index >= 15 is 0 Å². The van der Waals surface area contributed by atoms with Crippen LogP contribution in [-0.2, 0) is 0 Å². The number of hydrogen-bond donors (Lipinski definition) is 1. The molecule has 0 aliphatic carbocycles. The number of nitrogens with one attached hydrogen (secondary N) is 1. The molecule has 0 radical (unpaired) electrons. The Kier molecular flexibility index (Phi) is 2.86. The summed E-state index contributed by atoms with van der Waals surface area (Å²) in [5.74, 6) is 0. The van der Waals surface area contributed by atoms with Crippen LogP contribution in [0.1, 0.15) is 30.3 Å². The molecule has 1 saturated heterocycles. The SMILES string of the molecule is Cc1cn([C@@H]2CCCNC2)c(=O)c(C)n1. The van der Waals surface area contributed by atoms with E-state index in [1.165, 1.54) is 0 Å². The molecule has 15 heavy (non-hydrogen) atoms. The lowest BCUT2D eigenvalue weighted by Gasteiger charge is -2.25. The highest BCUT2D eigenvalue weighted by Crippen LogP contribution is 2.14. The molecule has 4 nitrogen and oxygen atoms in total. The van der Waals surface area contributed by atoms with Crippen LogP contribution in [0.25, 0.3) is 0 Å². The Morgan fingerprint density at radius 2 is 2.33 bits per heavy atom. The highest BCUT2D eigenvalue weighted by Gasteiger charge is 2.16. The van der Waals surface area contributed by atoms with Crippen LogP contribution in [0.15, 0.2) is 11.0 Å². The smallest absolute Gasteiger partial charge is 0.272 e. The van der Waals surface area contributed by atoms with E-state index in [0.717, 1.165) is 31.6 Å². The minimum atomic E-state index is 0.0503. The molecule has 1 aromatic heterocycles. The van der Waals surface area contributed by atoms with E-state index in [9.17, 15) is 4.79 Å². The molecule has 2 rings (SSSR count). The molecule has 1 fully saturated rings. The lowest BCUT2D eigenvalue weighted by molar-refractivity contribution is 0.361. The summed E-state index contributed by atoms with van der Waals surface area (Å²) in [6, 6.07) is 0.298. The van der Waals surface area contributed by atoms with Gasteiger partial charge in [-0.3, -0.25) is 9.78 Å². The monoisotopic (exact) mass is 207 g/mol. The molecule has 0 amide bonds. The standard InChI is InChI=1S/C11H17N3O/c1-8-7-14(11(15)9(2)13-8)10-4-3-5-12-6-10/h7,10,12H,3-6H2,1-2H3/t10-/m1/s1. The molecule has 4 heteroatoms. The number of nitrogens with zero attached hydrogens (tertiary/aromatic N) is 2. The fourth-order valence-corrected chi connectivity index (χ4v) is 2.13. The second-order valence-electron chi connectivity index (χ2n) is 4.18. The number of aryl methyl sites for hydroxylation is 2. The molecule has 0 spiro atoms. The third-order valence-electron chi connectivity index (χ3n) is 2.88. The molecule has 0 saturated carbocycles. The van der Waals surface area contributed by atoms with Gasteiger partial charge in [0.05, 0.1) is 5.69 Å². The van der Waals surface area contributed by atoms with E-state index in [0.29, 0.717) is 11.7 Å². The molecule has 0 unspecified atom stereocenters. The van der Waals surface area contributed by atoms with Crippen molar-refractivity contribution in [1.29, 1.82) is 0 Å². The maximum atomic E-state index is 11.9. The molecular formula is C11H17N3O. The van der Waals surface area contributed by atoms with E-state index in [1.54, 1.807) is 6.92 Å². The summed E-state index contributed by atoms with van der Waals surface area (Å²) in [6.45, 7) is 5.67.